The van der Waals surface area contributed by atoms with Crippen molar-refractivity contribution in [1.82, 2.24) is 15.2 Å². The van der Waals surface area contributed by atoms with Gasteiger partial charge >= 0.3 is 5.97 Å². The second-order valence-corrected chi connectivity index (χ2v) is 8.16. The van der Waals surface area contributed by atoms with Gasteiger partial charge < -0.3 is 15.4 Å². The Morgan fingerprint density at radius 1 is 1.19 bits per heavy atom. The minimum atomic E-state index is -0.370. The Kier molecular flexibility index (Phi) is 6.74. The summed E-state index contributed by atoms with van der Waals surface area (Å²) in [6.07, 6.45) is 0.0829. The average Bonchev–Trinajstić information content (AvgIpc) is 3.30. The van der Waals surface area contributed by atoms with Gasteiger partial charge in [0.1, 0.15) is 0 Å². The standard InChI is InChI=1S/C16H15N5O3S3/c1-24-13(23)7-11-8-25-14(18-11)19-12(22)9-26-16-21-20-15(27-16)17-10-5-3-2-4-6-10/h2-6,8H,7,9H2,1H3,(H,17,20)(H,18,19,22). The minimum Gasteiger partial charge on any atom is -0.469 e. The molecule has 0 atom stereocenters. The molecule has 0 fully saturated rings. The molecule has 3 rings (SSSR count). The lowest BCUT2D eigenvalue weighted by Crippen LogP contribution is -2.14. The number of para-hydroxylation sites is 1. The number of hydrogen-bond donors (Lipinski definition) is 2. The van der Waals surface area contributed by atoms with Gasteiger partial charge in [-0.25, -0.2) is 4.98 Å². The molecule has 27 heavy (non-hydrogen) atoms. The Morgan fingerprint density at radius 3 is 2.78 bits per heavy atom. The van der Waals surface area contributed by atoms with Crippen LogP contribution in [0.25, 0.3) is 0 Å². The molecule has 0 saturated heterocycles. The second-order valence-electron chi connectivity index (χ2n) is 5.10. The maximum absolute atomic E-state index is 12.1. The predicted molar refractivity (Wildman–Crippen MR) is 107 cm³/mol. The average molecular weight is 422 g/mol. The Balaban J connectivity index is 1.46. The molecule has 0 radical (unpaired) electrons. The Labute approximate surface area is 167 Å². The molecule has 2 aromatic heterocycles. The quantitative estimate of drug-likeness (QED) is 0.422. The van der Waals surface area contributed by atoms with Crippen molar-refractivity contribution >= 4 is 62.3 Å². The van der Waals surface area contributed by atoms with Gasteiger partial charge in [-0.15, -0.1) is 21.5 Å². The van der Waals surface area contributed by atoms with Crippen molar-refractivity contribution in [3.8, 4) is 0 Å². The third kappa shape index (κ3) is 6.01. The summed E-state index contributed by atoms with van der Waals surface area (Å²) < 4.78 is 5.28. The van der Waals surface area contributed by atoms with Crippen molar-refractivity contribution in [1.29, 1.82) is 0 Å². The number of benzene rings is 1. The fourth-order valence-electron chi connectivity index (χ4n) is 1.91. The molecule has 0 aliphatic heterocycles. The summed E-state index contributed by atoms with van der Waals surface area (Å²) in [6, 6.07) is 9.66. The van der Waals surface area contributed by atoms with E-state index in [1.807, 2.05) is 30.3 Å². The van der Waals surface area contributed by atoms with Gasteiger partial charge in [-0.2, -0.15) is 0 Å². The molecule has 0 saturated carbocycles. The number of methoxy groups -OCH3 is 1. The second kappa shape index (κ2) is 9.44. The summed E-state index contributed by atoms with van der Waals surface area (Å²) in [5.74, 6) is -0.386. The maximum Gasteiger partial charge on any atom is 0.311 e. The smallest absolute Gasteiger partial charge is 0.311 e. The highest BCUT2D eigenvalue weighted by Crippen LogP contribution is 2.27. The van der Waals surface area contributed by atoms with Crippen LogP contribution < -0.4 is 10.6 Å². The van der Waals surface area contributed by atoms with Crippen molar-refractivity contribution < 1.29 is 14.3 Å². The third-order valence-corrected chi connectivity index (χ3v) is 5.89. The van der Waals surface area contributed by atoms with Crippen LogP contribution >= 0.6 is 34.4 Å². The first-order chi connectivity index (χ1) is 13.1. The highest BCUT2D eigenvalue weighted by atomic mass is 32.2. The van der Waals surface area contributed by atoms with Crippen molar-refractivity contribution in [2.75, 3.05) is 23.5 Å². The monoisotopic (exact) mass is 421 g/mol. The van der Waals surface area contributed by atoms with Crippen LogP contribution in [-0.4, -0.2) is 39.9 Å². The fourth-order valence-corrected chi connectivity index (χ4v) is 4.21. The summed E-state index contributed by atoms with van der Waals surface area (Å²) in [6.45, 7) is 0. The van der Waals surface area contributed by atoms with Gasteiger partial charge in [0, 0.05) is 11.1 Å². The topological polar surface area (TPSA) is 106 Å². The summed E-state index contributed by atoms with van der Waals surface area (Å²) in [4.78, 5) is 27.5. The van der Waals surface area contributed by atoms with E-state index >= 15 is 0 Å². The van der Waals surface area contributed by atoms with Crippen LogP contribution in [0.5, 0.6) is 0 Å². The third-order valence-electron chi connectivity index (χ3n) is 3.11. The zero-order valence-corrected chi connectivity index (χ0v) is 16.6. The number of nitrogens with zero attached hydrogens (tertiary/aromatic N) is 3. The molecule has 0 aliphatic carbocycles. The summed E-state index contributed by atoms with van der Waals surface area (Å²) in [5.41, 5.74) is 1.49. The van der Waals surface area contributed by atoms with Crippen LogP contribution in [0.4, 0.5) is 16.0 Å². The molecule has 0 aliphatic rings. The number of nitrogens with one attached hydrogen (secondary N) is 2. The van der Waals surface area contributed by atoms with E-state index in [0.29, 0.717) is 20.3 Å². The molecule has 1 aromatic carbocycles. The van der Waals surface area contributed by atoms with Gasteiger partial charge in [-0.1, -0.05) is 41.3 Å². The van der Waals surface area contributed by atoms with E-state index in [4.69, 9.17) is 0 Å². The lowest BCUT2D eigenvalue weighted by molar-refractivity contribution is -0.139. The maximum atomic E-state index is 12.1. The van der Waals surface area contributed by atoms with Crippen molar-refractivity contribution in [3.05, 3.63) is 41.4 Å². The molecule has 8 nitrogen and oxygen atoms in total. The number of anilines is 3. The molecule has 2 heterocycles. The van der Waals surface area contributed by atoms with E-state index in [9.17, 15) is 9.59 Å². The van der Waals surface area contributed by atoms with E-state index in [1.165, 1.54) is 41.5 Å². The van der Waals surface area contributed by atoms with Gasteiger partial charge in [0.15, 0.2) is 9.47 Å². The fraction of sp³-hybridized carbons (Fsp3) is 0.188. The molecule has 2 N–H and O–H groups in total. The number of hydrogen-bond acceptors (Lipinski definition) is 10. The molecular weight excluding hydrogens is 406 g/mol. The molecule has 11 heteroatoms. The molecule has 0 unspecified atom stereocenters. The van der Waals surface area contributed by atoms with E-state index in [2.05, 4.69) is 30.6 Å². The normalized spacial score (nSPS) is 10.4. The molecule has 0 spiro atoms. The Bertz CT molecular complexity index is 913. The number of rotatable bonds is 8. The number of amides is 1. The van der Waals surface area contributed by atoms with Crippen molar-refractivity contribution in [3.63, 3.8) is 0 Å². The lowest BCUT2D eigenvalue weighted by atomic mass is 10.3. The van der Waals surface area contributed by atoms with Crippen LogP contribution in [0, 0.1) is 0 Å². The van der Waals surface area contributed by atoms with E-state index in [1.54, 1.807) is 5.38 Å². The van der Waals surface area contributed by atoms with Gasteiger partial charge in [-0.3, -0.25) is 9.59 Å². The van der Waals surface area contributed by atoms with Gasteiger partial charge in [-0.05, 0) is 12.1 Å². The van der Waals surface area contributed by atoms with Crippen LogP contribution in [0.1, 0.15) is 5.69 Å². The molecular formula is C16H15N5O3S3. The number of thiazole rings is 1. The van der Waals surface area contributed by atoms with Gasteiger partial charge in [0.2, 0.25) is 11.0 Å². The number of ether oxygens (including phenoxy) is 1. The lowest BCUT2D eigenvalue weighted by Gasteiger charge is -2.00. The number of aromatic nitrogens is 3. The number of thioether (sulfide) groups is 1. The molecule has 140 valence electrons. The highest BCUT2D eigenvalue weighted by molar-refractivity contribution is 8.01. The van der Waals surface area contributed by atoms with Crippen LogP contribution in [0.2, 0.25) is 0 Å². The minimum absolute atomic E-state index is 0.0829. The molecule has 3 aromatic rings. The van der Waals surface area contributed by atoms with Crippen molar-refractivity contribution in [2.45, 2.75) is 10.8 Å². The largest absolute Gasteiger partial charge is 0.469 e. The molecule has 0 bridgehead atoms. The SMILES string of the molecule is COC(=O)Cc1csc(NC(=O)CSc2nnc(Nc3ccccc3)s2)n1. The first kappa shape index (κ1) is 19.3. The van der Waals surface area contributed by atoms with E-state index in [0.717, 1.165) is 5.69 Å². The van der Waals surface area contributed by atoms with Gasteiger partial charge in [0.05, 0.1) is 25.0 Å². The molecule has 1 amide bonds. The van der Waals surface area contributed by atoms with E-state index in [-0.39, 0.29) is 24.1 Å². The summed E-state index contributed by atoms with van der Waals surface area (Å²) in [5, 5.41) is 16.8. The zero-order chi connectivity index (χ0) is 19.1. The number of carbonyl (C=O) groups is 2. The zero-order valence-electron chi connectivity index (χ0n) is 14.2. The summed E-state index contributed by atoms with van der Waals surface area (Å²) in [7, 11) is 1.32. The highest BCUT2D eigenvalue weighted by Gasteiger charge is 2.12. The number of carbonyl (C=O) groups excluding carboxylic acids is 2. The number of esters is 1. The van der Waals surface area contributed by atoms with Crippen LogP contribution in [-0.2, 0) is 20.7 Å². The van der Waals surface area contributed by atoms with Crippen LogP contribution in [0.3, 0.4) is 0 Å². The first-order valence-corrected chi connectivity index (χ1v) is 10.4. The predicted octanol–water partition coefficient (Wildman–Crippen LogP) is 3.18. The Hall–Kier alpha value is -2.50. The van der Waals surface area contributed by atoms with E-state index < -0.39 is 0 Å². The first-order valence-electron chi connectivity index (χ1n) is 7.72. The van der Waals surface area contributed by atoms with Crippen LogP contribution in [0.15, 0.2) is 40.1 Å². The van der Waals surface area contributed by atoms with Crippen molar-refractivity contribution in [2.24, 2.45) is 0 Å². The summed E-state index contributed by atoms with van der Waals surface area (Å²) >= 11 is 3.93. The van der Waals surface area contributed by atoms with Gasteiger partial charge in [0.25, 0.3) is 0 Å². The Morgan fingerprint density at radius 2 is 2.00 bits per heavy atom.